The zero-order valence-corrected chi connectivity index (χ0v) is 21.6. The van der Waals surface area contributed by atoms with E-state index < -0.39 is 33.1 Å². The van der Waals surface area contributed by atoms with Gasteiger partial charge in [0.25, 0.3) is 0 Å². The smallest absolute Gasteiger partial charge is 0.389 e. The summed E-state index contributed by atoms with van der Waals surface area (Å²) < 4.78 is 91.8. The Morgan fingerprint density at radius 1 is 0.606 bits per heavy atom. The van der Waals surface area contributed by atoms with Crippen LogP contribution in [-0.4, -0.2) is 73.7 Å². The number of rotatable bonds is 12. The fourth-order valence-electron chi connectivity index (χ4n) is 3.52. The summed E-state index contributed by atoms with van der Waals surface area (Å²) in [4.78, 5) is 16.9. The molecule has 0 unspecified atom stereocenters. The summed E-state index contributed by atoms with van der Waals surface area (Å²) in [5.74, 6) is 0. The molecule has 0 bridgehead atoms. The van der Waals surface area contributed by atoms with Crippen molar-refractivity contribution in [2.45, 2.75) is 79.6 Å². The largest absolute Gasteiger partial charge is 0.786 e. The number of quaternary nitrogens is 2. The van der Waals surface area contributed by atoms with Crippen LogP contribution < -0.4 is 9.79 Å². The van der Waals surface area contributed by atoms with Crippen LogP contribution in [0.3, 0.4) is 0 Å². The maximum absolute atomic E-state index is 11.9. The molecule has 0 aromatic rings. The average molecular weight is 523 g/mol. The maximum Gasteiger partial charge on any atom is 0.389 e. The SMILES string of the molecule is CC[N+](CC)(CC)CCCC(F)(F)F.CC[N+](CC)(CC)CCCC(F)(F)F.O=P([O-])([O-])F. The minimum Gasteiger partial charge on any atom is -0.786 e. The van der Waals surface area contributed by atoms with Crippen molar-refractivity contribution in [1.29, 1.82) is 0 Å². The molecule has 0 rings (SSSR count). The van der Waals surface area contributed by atoms with E-state index in [0.717, 1.165) is 48.2 Å². The molecule has 0 N–H and O–H groups in total. The van der Waals surface area contributed by atoms with Gasteiger partial charge in [-0.05, 0) is 41.5 Å². The highest BCUT2D eigenvalue weighted by molar-refractivity contribution is 7.42. The molecule has 0 saturated heterocycles. The van der Waals surface area contributed by atoms with Gasteiger partial charge in [0.05, 0.1) is 52.4 Å². The molecular formula is C20H42F7N2O3P. The van der Waals surface area contributed by atoms with Gasteiger partial charge >= 0.3 is 12.4 Å². The molecule has 0 radical (unpaired) electrons. The summed E-state index contributed by atoms with van der Waals surface area (Å²) in [6.45, 7) is 19.1. The lowest BCUT2D eigenvalue weighted by Crippen LogP contribution is -2.48. The highest BCUT2D eigenvalue weighted by Gasteiger charge is 2.30. The molecule has 13 heteroatoms. The first kappa shape index (κ1) is 37.1. The van der Waals surface area contributed by atoms with E-state index in [9.17, 15) is 30.5 Å². The average Bonchev–Trinajstić information content (AvgIpc) is 2.67. The van der Waals surface area contributed by atoms with Crippen molar-refractivity contribution < 1.29 is 53.9 Å². The molecule has 0 aliphatic heterocycles. The number of alkyl halides is 6. The van der Waals surface area contributed by atoms with E-state index in [1.54, 1.807) is 0 Å². The fourth-order valence-corrected chi connectivity index (χ4v) is 3.52. The maximum atomic E-state index is 11.9. The minimum absolute atomic E-state index is 0.249. The molecule has 0 atom stereocenters. The van der Waals surface area contributed by atoms with E-state index in [1.165, 1.54) is 0 Å². The highest BCUT2D eigenvalue weighted by atomic mass is 31.2. The van der Waals surface area contributed by atoms with Crippen LogP contribution >= 0.6 is 7.91 Å². The van der Waals surface area contributed by atoms with Crippen LogP contribution in [0.25, 0.3) is 0 Å². The monoisotopic (exact) mass is 522 g/mol. The van der Waals surface area contributed by atoms with E-state index in [4.69, 9.17) is 14.4 Å². The molecule has 204 valence electrons. The Bertz CT molecular complexity index is 458. The first-order valence-corrected chi connectivity index (χ1v) is 12.8. The molecule has 0 spiro atoms. The summed E-state index contributed by atoms with van der Waals surface area (Å²) in [6, 6.07) is 0. The van der Waals surface area contributed by atoms with Crippen molar-refractivity contribution in [3.05, 3.63) is 0 Å². The lowest BCUT2D eigenvalue weighted by Gasteiger charge is -2.35. The van der Waals surface area contributed by atoms with E-state index >= 15 is 0 Å². The van der Waals surface area contributed by atoms with Gasteiger partial charge in [0.2, 0.25) is 0 Å². The number of halogens is 7. The third-order valence-electron chi connectivity index (χ3n) is 6.21. The standard InChI is InChI=1S/2C10H21F3N.FH2O3P/c2*1-4-14(5-2,6-3)9-7-8-10(11,12)13;1-5(2,3)4/h2*4-9H2,1-3H3;(H2,2,3,4)/q2*+1;/p-2. The van der Waals surface area contributed by atoms with Gasteiger partial charge in [-0.2, -0.15) is 26.3 Å². The molecule has 0 aliphatic carbocycles. The molecule has 0 aromatic heterocycles. The van der Waals surface area contributed by atoms with Gasteiger partial charge in [-0.15, -0.1) is 0 Å². The molecule has 5 nitrogen and oxygen atoms in total. The van der Waals surface area contributed by atoms with Gasteiger partial charge in [-0.25, -0.2) is 4.20 Å². The fraction of sp³-hybridized carbons (Fsp3) is 1.00. The van der Waals surface area contributed by atoms with Gasteiger partial charge in [0.15, 0.2) is 0 Å². The van der Waals surface area contributed by atoms with Crippen molar-refractivity contribution >= 4 is 7.91 Å². The molecule has 0 saturated carbocycles. The quantitative estimate of drug-likeness (QED) is 0.201. The Balaban J connectivity index is -0.000000453. The zero-order valence-electron chi connectivity index (χ0n) is 20.7. The second-order valence-electron chi connectivity index (χ2n) is 7.90. The first-order valence-electron chi connectivity index (χ1n) is 11.3. The zero-order chi connectivity index (χ0) is 27.0. The second-order valence-corrected chi connectivity index (χ2v) is 8.76. The highest BCUT2D eigenvalue weighted by Crippen LogP contribution is 2.24. The molecule has 0 amide bonds. The third kappa shape index (κ3) is 24.5. The first-order chi connectivity index (χ1) is 14.8. The van der Waals surface area contributed by atoms with Crippen LogP contribution in [0.5, 0.6) is 0 Å². The van der Waals surface area contributed by atoms with E-state index in [2.05, 4.69) is 0 Å². The molecule has 33 heavy (non-hydrogen) atoms. The van der Waals surface area contributed by atoms with Gasteiger partial charge in [0.1, 0.15) is 7.91 Å². The third-order valence-corrected chi connectivity index (χ3v) is 6.21. The van der Waals surface area contributed by atoms with Crippen molar-refractivity contribution in [2.75, 3.05) is 52.4 Å². The summed E-state index contributed by atoms with van der Waals surface area (Å²) in [6.07, 6.45) is -8.78. The van der Waals surface area contributed by atoms with Crippen LogP contribution in [0.15, 0.2) is 0 Å². The number of hydrogen-bond donors (Lipinski definition) is 0. The topological polar surface area (TPSA) is 63.2 Å². The summed E-state index contributed by atoms with van der Waals surface area (Å²) in [7, 11) is -5.64. The molecule has 0 heterocycles. The molecular weight excluding hydrogens is 480 g/mol. The Hall–Kier alpha value is -0.420. The Kier molecular flexibility index (Phi) is 19.2. The predicted octanol–water partition coefficient (Wildman–Crippen LogP) is 5.20. The van der Waals surface area contributed by atoms with Gasteiger partial charge < -0.3 is 23.3 Å². The Morgan fingerprint density at radius 3 is 0.909 bits per heavy atom. The lowest BCUT2D eigenvalue weighted by molar-refractivity contribution is -0.923. The molecule has 0 aromatic carbocycles. The number of hydrogen-bond acceptors (Lipinski definition) is 3. The summed E-state index contributed by atoms with van der Waals surface area (Å²) in [5, 5.41) is 0. The Morgan fingerprint density at radius 2 is 0.788 bits per heavy atom. The molecule has 0 fully saturated rings. The Labute approximate surface area is 194 Å². The minimum atomic E-state index is -5.64. The lowest BCUT2D eigenvalue weighted by atomic mass is 10.2. The van der Waals surface area contributed by atoms with Crippen molar-refractivity contribution in [2.24, 2.45) is 0 Å². The van der Waals surface area contributed by atoms with E-state index in [1.807, 2.05) is 41.5 Å². The van der Waals surface area contributed by atoms with Gasteiger partial charge in [-0.3, -0.25) is 0 Å². The second kappa shape index (κ2) is 17.1. The number of nitrogens with zero attached hydrogens (tertiary/aromatic N) is 2. The summed E-state index contributed by atoms with van der Waals surface area (Å²) in [5.41, 5.74) is 0. The van der Waals surface area contributed by atoms with Gasteiger partial charge in [0, 0.05) is 25.7 Å². The molecule has 0 aliphatic rings. The van der Waals surface area contributed by atoms with Crippen LogP contribution in [-0.2, 0) is 4.57 Å². The van der Waals surface area contributed by atoms with E-state index in [0.29, 0.717) is 13.1 Å². The van der Waals surface area contributed by atoms with Gasteiger partial charge in [-0.1, -0.05) is 0 Å². The summed E-state index contributed by atoms with van der Waals surface area (Å²) >= 11 is 0. The van der Waals surface area contributed by atoms with Crippen molar-refractivity contribution in [3.8, 4) is 0 Å². The van der Waals surface area contributed by atoms with Crippen molar-refractivity contribution in [3.63, 3.8) is 0 Å². The van der Waals surface area contributed by atoms with Crippen LogP contribution in [0.4, 0.5) is 30.5 Å². The normalized spacial score (nSPS) is 13.1. The van der Waals surface area contributed by atoms with Crippen molar-refractivity contribution in [1.82, 2.24) is 0 Å². The van der Waals surface area contributed by atoms with Crippen LogP contribution in [0, 0.1) is 0 Å². The van der Waals surface area contributed by atoms with Crippen LogP contribution in [0.1, 0.15) is 67.2 Å². The van der Waals surface area contributed by atoms with E-state index in [-0.39, 0.29) is 12.8 Å². The van der Waals surface area contributed by atoms with Crippen LogP contribution in [0.2, 0.25) is 0 Å². The predicted molar refractivity (Wildman–Crippen MR) is 113 cm³/mol.